The second kappa shape index (κ2) is 2.79. The summed E-state index contributed by atoms with van der Waals surface area (Å²) in [5, 5.41) is 2.23. The van der Waals surface area contributed by atoms with E-state index in [1.165, 1.54) is 0 Å². The summed E-state index contributed by atoms with van der Waals surface area (Å²) in [6, 6.07) is 0. The standard InChI is InChI=1S/C8H11NO4S/c10-6-5-8(7(11)9-6)1-3-14(12,13)4-2-8/h1-5H2,(H,9,10,11). The van der Waals surface area contributed by atoms with E-state index in [2.05, 4.69) is 5.32 Å². The van der Waals surface area contributed by atoms with E-state index in [-0.39, 0.29) is 42.6 Å². The van der Waals surface area contributed by atoms with Gasteiger partial charge in [-0.3, -0.25) is 14.9 Å². The third kappa shape index (κ3) is 1.43. The van der Waals surface area contributed by atoms with E-state index in [0.717, 1.165) is 0 Å². The van der Waals surface area contributed by atoms with E-state index in [0.29, 0.717) is 0 Å². The van der Waals surface area contributed by atoms with Gasteiger partial charge in [0, 0.05) is 6.42 Å². The van der Waals surface area contributed by atoms with Gasteiger partial charge >= 0.3 is 0 Å². The van der Waals surface area contributed by atoms with Gasteiger partial charge in [-0.25, -0.2) is 8.42 Å². The molecule has 0 atom stereocenters. The van der Waals surface area contributed by atoms with Crippen LogP contribution in [0.2, 0.25) is 0 Å². The lowest BCUT2D eigenvalue weighted by Crippen LogP contribution is -2.39. The van der Waals surface area contributed by atoms with Crippen LogP contribution in [0.3, 0.4) is 0 Å². The van der Waals surface area contributed by atoms with Gasteiger partial charge < -0.3 is 0 Å². The summed E-state index contributed by atoms with van der Waals surface area (Å²) >= 11 is 0. The van der Waals surface area contributed by atoms with Crippen molar-refractivity contribution >= 4 is 21.7 Å². The lowest BCUT2D eigenvalue weighted by molar-refractivity contribution is -0.128. The highest BCUT2D eigenvalue weighted by molar-refractivity contribution is 7.91. The quantitative estimate of drug-likeness (QED) is 0.540. The third-order valence-electron chi connectivity index (χ3n) is 3.02. The largest absolute Gasteiger partial charge is 0.296 e. The molecular weight excluding hydrogens is 206 g/mol. The van der Waals surface area contributed by atoms with Crippen LogP contribution in [0.25, 0.3) is 0 Å². The summed E-state index contributed by atoms with van der Waals surface area (Å²) < 4.78 is 22.3. The minimum Gasteiger partial charge on any atom is -0.296 e. The summed E-state index contributed by atoms with van der Waals surface area (Å²) in [7, 11) is -2.98. The van der Waals surface area contributed by atoms with Crippen molar-refractivity contribution in [2.24, 2.45) is 5.41 Å². The molecule has 2 rings (SSSR count). The zero-order valence-electron chi connectivity index (χ0n) is 7.58. The number of hydrogen-bond donors (Lipinski definition) is 1. The fourth-order valence-electron chi connectivity index (χ4n) is 2.02. The Hall–Kier alpha value is -0.910. The molecule has 0 aliphatic carbocycles. The molecule has 0 aromatic rings. The van der Waals surface area contributed by atoms with Crippen LogP contribution in [-0.2, 0) is 19.4 Å². The Kier molecular flexibility index (Phi) is 1.92. The van der Waals surface area contributed by atoms with Crippen molar-refractivity contribution in [2.75, 3.05) is 11.5 Å². The van der Waals surface area contributed by atoms with Crippen LogP contribution >= 0.6 is 0 Å². The van der Waals surface area contributed by atoms with E-state index in [9.17, 15) is 18.0 Å². The van der Waals surface area contributed by atoms with Gasteiger partial charge in [0.05, 0.1) is 16.9 Å². The summed E-state index contributed by atoms with van der Waals surface area (Å²) in [6.45, 7) is 0. The topological polar surface area (TPSA) is 80.3 Å². The lowest BCUT2D eigenvalue weighted by Gasteiger charge is -2.28. The number of hydrogen-bond acceptors (Lipinski definition) is 4. The molecule has 2 heterocycles. The molecular formula is C8H11NO4S. The van der Waals surface area contributed by atoms with Crippen LogP contribution < -0.4 is 5.32 Å². The van der Waals surface area contributed by atoms with Crippen LogP contribution in [0.15, 0.2) is 0 Å². The highest BCUT2D eigenvalue weighted by Crippen LogP contribution is 2.39. The summed E-state index contributed by atoms with van der Waals surface area (Å²) in [5.41, 5.74) is -0.720. The first-order valence-electron chi connectivity index (χ1n) is 4.48. The minimum absolute atomic E-state index is 0.0215. The first-order valence-corrected chi connectivity index (χ1v) is 6.30. The van der Waals surface area contributed by atoms with Gasteiger partial charge in [-0.15, -0.1) is 0 Å². The third-order valence-corrected chi connectivity index (χ3v) is 4.67. The second-order valence-corrected chi connectivity index (χ2v) is 6.29. The van der Waals surface area contributed by atoms with E-state index in [1.54, 1.807) is 0 Å². The number of carbonyl (C=O) groups is 2. The van der Waals surface area contributed by atoms with Crippen molar-refractivity contribution < 1.29 is 18.0 Å². The van der Waals surface area contributed by atoms with E-state index >= 15 is 0 Å². The van der Waals surface area contributed by atoms with Gasteiger partial charge in [0.2, 0.25) is 11.8 Å². The molecule has 2 amide bonds. The van der Waals surface area contributed by atoms with Gasteiger partial charge in [0.1, 0.15) is 9.84 Å². The van der Waals surface area contributed by atoms with Crippen LogP contribution in [0.5, 0.6) is 0 Å². The first kappa shape index (κ1) is 9.64. The number of nitrogens with one attached hydrogen (secondary N) is 1. The molecule has 6 heteroatoms. The van der Waals surface area contributed by atoms with E-state index in [4.69, 9.17) is 0 Å². The van der Waals surface area contributed by atoms with Gasteiger partial charge in [0.25, 0.3) is 0 Å². The minimum atomic E-state index is -2.98. The molecule has 1 spiro atoms. The van der Waals surface area contributed by atoms with Crippen LogP contribution in [-0.4, -0.2) is 31.7 Å². The normalized spacial score (nSPS) is 29.1. The van der Waals surface area contributed by atoms with Crippen LogP contribution in [0, 0.1) is 5.41 Å². The van der Waals surface area contributed by atoms with Crippen molar-refractivity contribution in [3.8, 4) is 0 Å². The lowest BCUT2D eigenvalue weighted by atomic mass is 9.80. The van der Waals surface area contributed by atoms with E-state index in [1.807, 2.05) is 0 Å². The molecule has 2 fully saturated rings. The Balaban J connectivity index is 2.21. The zero-order valence-corrected chi connectivity index (χ0v) is 8.39. The maximum Gasteiger partial charge on any atom is 0.233 e. The molecule has 0 bridgehead atoms. The SMILES string of the molecule is O=C1CC2(CCS(=O)(=O)CC2)C(=O)N1. The monoisotopic (exact) mass is 217 g/mol. The number of carbonyl (C=O) groups excluding carboxylic acids is 2. The van der Waals surface area contributed by atoms with E-state index < -0.39 is 15.3 Å². The summed E-state index contributed by atoms with van der Waals surface area (Å²) in [6.07, 6.45) is 0.723. The molecule has 5 nitrogen and oxygen atoms in total. The predicted octanol–water partition coefficient (Wildman–Crippen LogP) is -0.772. The molecule has 2 aliphatic heterocycles. The molecule has 0 unspecified atom stereocenters. The van der Waals surface area contributed by atoms with Crippen LogP contribution in [0.4, 0.5) is 0 Å². The molecule has 2 saturated heterocycles. The second-order valence-electron chi connectivity index (χ2n) is 3.99. The van der Waals surface area contributed by atoms with Crippen molar-refractivity contribution in [1.29, 1.82) is 0 Å². The number of sulfone groups is 1. The molecule has 14 heavy (non-hydrogen) atoms. The van der Waals surface area contributed by atoms with Crippen molar-refractivity contribution in [3.63, 3.8) is 0 Å². The molecule has 2 aliphatic rings. The highest BCUT2D eigenvalue weighted by Gasteiger charge is 2.49. The average molecular weight is 217 g/mol. The Labute approximate surface area is 81.8 Å². The maximum atomic E-state index is 11.4. The van der Waals surface area contributed by atoms with Crippen molar-refractivity contribution in [3.05, 3.63) is 0 Å². The average Bonchev–Trinajstić information content (AvgIpc) is 2.35. The van der Waals surface area contributed by atoms with Gasteiger partial charge in [-0.1, -0.05) is 0 Å². The predicted molar refractivity (Wildman–Crippen MR) is 48.1 cm³/mol. The number of rotatable bonds is 0. The fourth-order valence-corrected chi connectivity index (χ4v) is 3.63. The Morgan fingerprint density at radius 3 is 2.14 bits per heavy atom. The Bertz CT molecular complexity index is 384. The fraction of sp³-hybridized carbons (Fsp3) is 0.750. The summed E-state index contributed by atoms with van der Waals surface area (Å²) in [5.74, 6) is -0.534. The molecule has 0 aromatic heterocycles. The Morgan fingerprint density at radius 1 is 1.14 bits per heavy atom. The number of imide groups is 1. The Morgan fingerprint density at radius 2 is 1.71 bits per heavy atom. The molecule has 1 N–H and O–H groups in total. The van der Waals surface area contributed by atoms with Crippen molar-refractivity contribution in [1.82, 2.24) is 5.32 Å². The van der Waals surface area contributed by atoms with Crippen molar-refractivity contribution in [2.45, 2.75) is 19.3 Å². The van der Waals surface area contributed by atoms with Crippen LogP contribution in [0.1, 0.15) is 19.3 Å². The first-order chi connectivity index (χ1) is 6.44. The highest BCUT2D eigenvalue weighted by atomic mass is 32.2. The molecule has 0 saturated carbocycles. The molecule has 0 radical (unpaired) electrons. The maximum absolute atomic E-state index is 11.4. The summed E-state index contributed by atoms with van der Waals surface area (Å²) in [4.78, 5) is 22.5. The molecule has 78 valence electrons. The number of amides is 2. The van der Waals surface area contributed by atoms with Gasteiger partial charge in [-0.05, 0) is 12.8 Å². The smallest absolute Gasteiger partial charge is 0.233 e. The molecule has 0 aromatic carbocycles. The van der Waals surface area contributed by atoms with Gasteiger partial charge in [0.15, 0.2) is 0 Å². The van der Waals surface area contributed by atoms with Gasteiger partial charge in [-0.2, -0.15) is 0 Å². The zero-order chi connectivity index (χ0) is 10.4.